The number of fused-ring (bicyclic) bond motifs is 1. The SMILES string of the molecule is O=C1C[C@@H](C(=O)Nc2ccc(F)cc2)[C@H]2C(=O)C[C@@H](c3ccccc3)C=C2N1. The van der Waals surface area contributed by atoms with Gasteiger partial charge in [0.15, 0.2) is 0 Å². The van der Waals surface area contributed by atoms with Crippen LogP contribution in [-0.2, 0) is 14.4 Å². The van der Waals surface area contributed by atoms with Gasteiger partial charge in [0, 0.05) is 30.1 Å². The summed E-state index contributed by atoms with van der Waals surface area (Å²) < 4.78 is 13.1. The second-order valence-corrected chi connectivity index (χ2v) is 7.14. The van der Waals surface area contributed by atoms with E-state index in [4.69, 9.17) is 0 Å². The standard InChI is InChI=1S/C22H19FN2O3/c23-15-6-8-16(9-7-15)24-22(28)17-12-20(27)25-18-10-14(11-19(26)21(17)18)13-4-2-1-3-5-13/h1-10,14,17,21H,11-12H2,(H,24,28)(H,25,27)/t14-,17+,21+/m0/s1. The maximum Gasteiger partial charge on any atom is 0.229 e. The predicted octanol–water partition coefficient (Wildman–Crippen LogP) is 3.16. The molecule has 0 spiro atoms. The number of nitrogens with one attached hydrogen (secondary N) is 2. The number of halogens is 1. The molecule has 0 bridgehead atoms. The third-order valence-electron chi connectivity index (χ3n) is 5.25. The number of amides is 2. The van der Waals surface area contributed by atoms with Crippen LogP contribution in [0.5, 0.6) is 0 Å². The fraction of sp³-hybridized carbons (Fsp3) is 0.227. The van der Waals surface area contributed by atoms with Crippen LogP contribution >= 0.6 is 0 Å². The van der Waals surface area contributed by atoms with Crippen molar-refractivity contribution >= 4 is 23.3 Å². The number of hydrogen-bond acceptors (Lipinski definition) is 3. The zero-order valence-corrected chi connectivity index (χ0v) is 15.0. The van der Waals surface area contributed by atoms with Gasteiger partial charge in [0.05, 0.1) is 11.8 Å². The van der Waals surface area contributed by atoms with E-state index in [0.717, 1.165) is 5.56 Å². The summed E-state index contributed by atoms with van der Waals surface area (Å²) in [4.78, 5) is 37.9. The second-order valence-electron chi connectivity index (χ2n) is 7.14. The van der Waals surface area contributed by atoms with E-state index in [1.807, 2.05) is 36.4 Å². The van der Waals surface area contributed by atoms with E-state index in [2.05, 4.69) is 10.6 Å². The van der Waals surface area contributed by atoms with Crippen molar-refractivity contribution in [1.29, 1.82) is 0 Å². The lowest BCUT2D eigenvalue weighted by molar-refractivity contribution is -0.136. The highest BCUT2D eigenvalue weighted by atomic mass is 19.1. The molecule has 2 aromatic carbocycles. The minimum atomic E-state index is -0.783. The van der Waals surface area contributed by atoms with Gasteiger partial charge in [-0.05, 0) is 29.8 Å². The molecule has 2 aliphatic rings. The van der Waals surface area contributed by atoms with Crippen LogP contribution in [-0.4, -0.2) is 17.6 Å². The summed E-state index contributed by atoms with van der Waals surface area (Å²) in [5.41, 5.74) is 1.92. The topological polar surface area (TPSA) is 75.3 Å². The molecule has 0 unspecified atom stereocenters. The molecule has 142 valence electrons. The van der Waals surface area contributed by atoms with Gasteiger partial charge in [-0.2, -0.15) is 0 Å². The number of Topliss-reactive ketones (excluding diaryl/α,β-unsaturated/α-hetero) is 1. The third-order valence-corrected chi connectivity index (χ3v) is 5.25. The fourth-order valence-electron chi connectivity index (χ4n) is 3.91. The Bertz CT molecular complexity index is 954. The maximum atomic E-state index is 13.1. The zero-order valence-electron chi connectivity index (χ0n) is 15.0. The van der Waals surface area contributed by atoms with E-state index in [1.165, 1.54) is 24.3 Å². The quantitative estimate of drug-likeness (QED) is 0.862. The Morgan fingerprint density at radius 3 is 2.43 bits per heavy atom. The van der Waals surface area contributed by atoms with Crippen molar-refractivity contribution in [2.45, 2.75) is 18.8 Å². The van der Waals surface area contributed by atoms with E-state index in [0.29, 0.717) is 11.4 Å². The van der Waals surface area contributed by atoms with Crippen LogP contribution in [0.25, 0.3) is 0 Å². The summed E-state index contributed by atoms with van der Waals surface area (Å²) in [6.07, 6.45) is 2.11. The van der Waals surface area contributed by atoms with E-state index in [1.54, 1.807) is 0 Å². The monoisotopic (exact) mass is 378 g/mol. The highest BCUT2D eigenvalue weighted by Gasteiger charge is 2.44. The van der Waals surface area contributed by atoms with Crippen molar-refractivity contribution in [1.82, 2.24) is 5.32 Å². The smallest absolute Gasteiger partial charge is 0.229 e. The molecule has 2 amide bonds. The van der Waals surface area contributed by atoms with Crippen LogP contribution in [0.15, 0.2) is 66.4 Å². The molecule has 1 heterocycles. The van der Waals surface area contributed by atoms with E-state index < -0.39 is 23.6 Å². The fourth-order valence-corrected chi connectivity index (χ4v) is 3.91. The molecular weight excluding hydrogens is 359 g/mol. The van der Waals surface area contributed by atoms with Gasteiger partial charge in [0.25, 0.3) is 0 Å². The summed E-state index contributed by atoms with van der Waals surface area (Å²) in [5, 5.41) is 5.47. The van der Waals surface area contributed by atoms with Crippen molar-refractivity contribution in [2.24, 2.45) is 11.8 Å². The number of piperidine rings is 1. The van der Waals surface area contributed by atoms with Gasteiger partial charge in [0.1, 0.15) is 11.6 Å². The molecule has 28 heavy (non-hydrogen) atoms. The molecule has 3 atom stereocenters. The summed E-state index contributed by atoms with van der Waals surface area (Å²) in [7, 11) is 0. The lowest BCUT2D eigenvalue weighted by atomic mass is 9.72. The summed E-state index contributed by atoms with van der Waals surface area (Å²) in [6.45, 7) is 0. The van der Waals surface area contributed by atoms with Crippen molar-refractivity contribution < 1.29 is 18.8 Å². The van der Waals surface area contributed by atoms with Crippen molar-refractivity contribution in [2.75, 3.05) is 5.32 Å². The number of anilines is 1. The summed E-state index contributed by atoms with van der Waals surface area (Å²) >= 11 is 0. The number of ketones is 1. The number of rotatable bonds is 3. The lowest BCUT2D eigenvalue weighted by Crippen LogP contribution is -2.48. The molecule has 6 heteroatoms. The van der Waals surface area contributed by atoms with Gasteiger partial charge in [-0.3, -0.25) is 14.4 Å². The molecular formula is C22H19FN2O3. The van der Waals surface area contributed by atoms with Gasteiger partial charge >= 0.3 is 0 Å². The second kappa shape index (κ2) is 7.38. The number of hydrogen-bond donors (Lipinski definition) is 2. The number of allylic oxidation sites excluding steroid dienone is 2. The van der Waals surface area contributed by atoms with Gasteiger partial charge in [0.2, 0.25) is 11.8 Å². The van der Waals surface area contributed by atoms with E-state index >= 15 is 0 Å². The van der Waals surface area contributed by atoms with Gasteiger partial charge in [-0.25, -0.2) is 4.39 Å². The Kier molecular flexibility index (Phi) is 4.77. The first-order valence-corrected chi connectivity index (χ1v) is 9.17. The van der Waals surface area contributed by atoms with Crippen LogP contribution in [0.2, 0.25) is 0 Å². The molecule has 4 rings (SSSR count). The van der Waals surface area contributed by atoms with Crippen molar-refractivity contribution in [3.63, 3.8) is 0 Å². The van der Waals surface area contributed by atoms with Crippen LogP contribution in [0.1, 0.15) is 24.3 Å². The Morgan fingerprint density at radius 2 is 1.71 bits per heavy atom. The average molecular weight is 378 g/mol. The Balaban J connectivity index is 1.59. The normalized spacial score (nSPS) is 24.0. The highest BCUT2D eigenvalue weighted by Crippen LogP contribution is 2.38. The average Bonchev–Trinajstić information content (AvgIpc) is 2.69. The number of benzene rings is 2. The minimum absolute atomic E-state index is 0.0588. The molecule has 2 N–H and O–H groups in total. The van der Waals surface area contributed by atoms with Crippen LogP contribution in [0.3, 0.4) is 0 Å². The summed E-state index contributed by atoms with van der Waals surface area (Å²) in [5.74, 6) is -2.75. The molecule has 1 saturated heterocycles. The van der Waals surface area contributed by atoms with E-state index in [-0.39, 0.29) is 30.4 Å². The number of carbonyl (C=O) groups excluding carboxylic acids is 3. The molecule has 2 aromatic rings. The Labute approximate surface area is 161 Å². The molecule has 1 aliphatic heterocycles. The molecule has 1 aliphatic carbocycles. The van der Waals surface area contributed by atoms with Crippen molar-refractivity contribution in [3.8, 4) is 0 Å². The minimum Gasteiger partial charge on any atom is -0.329 e. The third kappa shape index (κ3) is 3.58. The Hall–Kier alpha value is -3.28. The molecule has 0 saturated carbocycles. The van der Waals surface area contributed by atoms with Crippen molar-refractivity contribution in [3.05, 3.63) is 77.8 Å². The van der Waals surface area contributed by atoms with Gasteiger partial charge in [-0.15, -0.1) is 0 Å². The molecule has 0 radical (unpaired) electrons. The van der Waals surface area contributed by atoms with Gasteiger partial charge in [-0.1, -0.05) is 36.4 Å². The Morgan fingerprint density at radius 1 is 1.00 bits per heavy atom. The molecule has 0 aromatic heterocycles. The zero-order chi connectivity index (χ0) is 19.7. The lowest BCUT2D eigenvalue weighted by Gasteiger charge is -2.36. The van der Waals surface area contributed by atoms with Gasteiger partial charge < -0.3 is 10.6 Å². The first kappa shape index (κ1) is 18.1. The van der Waals surface area contributed by atoms with Crippen LogP contribution in [0.4, 0.5) is 10.1 Å². The largest absolute Gasteiger partial charge is 0.329 e. The van der Waals surface area contributed by atoms with E-state index in [9.17, 15) is 18.8 Å². The first-order chi connectivity index (χ1) is 13.5. The number of carbonyl (C=O) groups is 3. The first-order valence-electron chi connectivity index (χ1n) is 9.17. The predicted molar refractivity (Wildman–Crippen MR) is 102 cm³/mol. The maximum absolute atomic E-state index is 13.1. The molecule has 1 fully saturated rings. The molecule has 5 nitrogen and oxygen atoms in total. The summed E-state index contributed by atoms with van der Waals surface area (Å²) in [6, 6.07) is 15.0. The van der Waals surface area contributed by atoms with Crippen LogP contribution < -0.4 is 10.6 Å². The highest BCUT2D eigenvalue weighted by molar-refractivity contribution is 6.02. The van der Waals surface area contributed by atoms with Crippen LogP contribution in [0, 0.1) is 17.7 Å².